The summed E-state index contributed by atoms with van der Waals surface area (Å²) < 4.78 is 21.8. The zero-order valence-corrected chi connectivity index (χ0v) is 20.7. The molecule has 0 amide bonds. The smallest absolute Gasteiger partial charge is 0.336 e. The van der Waals surface area contributed by atoms with Crippen molar-refractivity contribution < 1.29 is 28.5 Å². The van der Waals surface area contributed by atoms with Crippen LogP contribution in [0.4, 0.5) is 0 Å². The van der Waals surface area contributed by atoms with Crippen molar-refractivity contribution in [1.29, 1.82) is 0 Å². The molecule has 0 aliphatic carbocycles. The van der Waals surface area contributed by atoms with Crippen LogP contribution in [0.5, 0.6) is 11.5 Å². The lowest BCUT2D eigenvalue weighted by Gasteiger charge is -2.18. The topological polar surface area (TPSA) is 71.1 Å². The van der Waals surface area contributed by atoms with Gasteiger partial charge in [-0.2, -0.15) is 0 Å². The van der Waals surface area contributed by atoms with Gasteiger partial charge in [-0.05, 0) is 75.2 Å². The predicted molar refractivity (Wildman–Crippen MR) is 128 cm³/mol. The van der Waals surface area contributed by atoms with Crippen LogP contribution in [0.15, 0.2) is 70.5 Å². The van der Waals surface area contributed by atoms with Gasteiger partial charge in [0.2, 0.25) is 12.6 Å². The fraction of sp³-hybridized carbons (Fsp3) is 0.308. The van der Waals surface area contributed by atoms with Crippen molar-refractivity contribution in [1.82, 2.24) is 0 Å². The van der Waals surface area contributed by atoms with Crippen LogP contribution in [0.25, 0.3) is 0 Å². The van der Waals surface area contributed by atoms with Gasteiger partial charge in [-0.1, -0.05) is 24.9 Å². The molecule has 176 valence electrons. The van der Waals surface area contributed by atoms with Gasteiger partial charge in [0.15, 0.2) is 0 Å². The van der Waals surface area contributed by atoms with E-state index in [0.717, 1.165) is 20.9 Å². The minimum atomic E-state index is -0.723. The molecule has 0 fully saturated rings. The minimum absolute atomic E-state index is 0.322. The van der Waals surface area contributed by atoms with Crippen LogP contribution in [0.3, 0.4) is 0 Å². The molecule has 2 aromatic carbocycles. The molecule has 2 atom stereocenters. The Morgan fingerprint density at radius 1 is 0.758 bits per heavy atom. The van der Waals surface area contributed by atoms with E-state index < -0.39 is 24.5 Å². The summed E-state index contributed by atoms with van der Waals surface area (Å²) in [6.45, 7) is 17.5. The number of carbonyl (C=O) groups is 2. The quantitative estimate of drug-likeness (QED) is 0.234. The third-order valence-electron chi connectivity index (χ3n) is 4.36. The molecule has 0 aromatic heterocycles. The number of esters is 2. The van der Waals surface area contributed by atoms with Gasteiger partial charge in [-0.3, -0.25) is 0 Å². The lowest BCUT2D eigenvalue weighted by Crippen LogP contribution is -2.21. The molecule has 7 heteroatoms. The number of carbonyl (C=O) groups excluding carboxylic acids is 2. The summed E-state index contributed by atoms with van der Waals surface area (Å²) in [5, 5.41) is 0. The van der Waals surface area contributed by atoms with Crippen LogP contribution in [0.2, 0.25) is 0 Å². The first-order valence-corrected chi connectivity index (χ1v) is 11.2. The van der Waals surface area contributed by atoms with Crippen molar-refractivity contribution in [2.24, 2.45) is 0 Å². The fourth-order valence-electron chi connectivity index (χ4n) is 2.68. The zero-order valence-electron chi connectivity index (χ0n) is 19.9. The lowest BCUT2D eigenvalue weighted by atomic mass is 10.2. The van der Waals surface area contributed by atoms with Gasteiger partial charge in [0.25, 0.3) is 0 Å². The second kappa shape index (κ2) is 11.6. The standard InChI is InChI=1S/C26H30O6S/c1-15(2)25(27)31-19(7)29-23-11-9-21(13-17(23)5)33-22-10-12-24(18(6)14-22)30-20(8)32-26(28)16(3)4/h9-14,19-20H,1,3H2,2,4-8H3. The van der Waals surface area contributed by atoms with E-state index in [1.807, 2.05) is 50.2 Å². The third-order valence-corrected chi connectivity index (χ3v) is 5.34. The molecule has 6 nitrogen and oxygen atoms in total. The van der Waals surface area contributed by atoms with Gasteiger partial charge in [0, 0.05) is 34.8 Å². The van der Waals surface area contributed by atoms with Crippen LogP contribution < -0.4 is 9.47 Å². The Morgan fingerprint density at radius 3 is 1.42 bits per heavy atom. The van der Waals surface area contributed by atoms with E-state index in [1.165, 1.54) is 0 Å². The summed E-state index contributed by atoms with van der Waals surface area (Å²) in [6.07, 6.45) is -1.45. The van der Waals surface area contributed by atoms with Gasteiger partial charge < -0.3 is 18.9 Å². The first kappa shape index (κ1) is 26.1. The molecule has 2 unspecified atom stereocenters. The van der Waals surface area contributed by atoms with Crippen molar-refractivity contribution >= 4 is 23.7 Å². The van der Waals surface area contributed by atoms with E-state index in [4.69, 9.17) is 18.9 Å². The SMILES string of the molecule is C=C(C)C(=O)OC(C)Oc1ccc(Sc2ccc(OC(C)OC(=O)C(=C)C)c(C)c2)cc1C. The molecule has 33 heavy (non-hydrogen) atoms. The highest BCUT2D eigenvalue weighted by Gasteiger charge is 2.14. The van der Waals surface area contributed by atoms with E-state index >= 15 is 0 Å². The highest BCUT2D eigenvalue weighted by Crippen LogP contribution is 2.34. The molecule has 0 saturated carbocycles. The second-order valence-corrected chi connectivity index (χ2v) is 8.85. The Bertz CT molecular complexity index is 975. The lowest BCUT2D eigenvalue weighted by molar-refractivity contribution is -0.157. The summed E-state index contributed by atoms with van der Waals surface area (Å²) in [6, 6.07) is 11.6. The molecular formula is C26H30O6S. The van der Waals surface area contributed by atoms with Crippen LogP contribution in [-0.2, 0) is 19.1 Å². The maximum absolute atomic E-state index is 11.6. The maximum atomic E-state index is 11.6. The van der Waals surface area contributed by atoms with Gasteiger partial charge in [-0.25, -0.2) is 9.59 Å². The minimum Gasteiger partial charge on any atom is -0.455 e. The molecule has 0 saturated heterocycles. The van der Waals surface area contributed by atoms with Crippen molar-refractivity contribution in [2.45, 2.75) is 63.9 Å². The Hall–Kier alpha value is -3.19. The van der Waals surface area contributed by atoms with Gasteiger partial charge in [-0.15, -0.1) is 0 Å². The molecule has 0 spiro atoms. The highest BCUT2D eigenvalue weighted by molar-refractivity contribution is 7.99. The monoisotopic (exact) mass is 470 g/mol. The van der Waals surface area contributed by atoms with Crippen molar-refractivity contribution in [3.8, 4) is 11.5 Å². The molecular weight excluding hydrogens is 440 g/mol. The normalized spacial score (nSPS) is 12.3. The molecule has 0 bridgehead atoms. The van der Waals surface area contributed by atoms with Crippen molar-refractivity contribution in [3.05, 3.63) is 71.8 Å². The molecule has 2 aromatic rings. The molecule has 0 N–H and O–H groups in total. The Balaban J connectivity index is 2.01. The molecule has 0 aliphatic rings. The molecule has 0 aliphatic heterocycles. The largest absolute Gasteiger partial charge is 0.455 e. The number of hydrogen-bond acceptors (Lipinski definition) is 7. The highest BCUT2D eigenvalue weighted by atomic mass is 32.2. The summed E-state index contributed by atoms with van der Waals surface area (Å²) in [5.74, 6) is 0.302. The van der Waals surface area contributed by atoms with Gasteiger partial charge in [0.05, 0.1) is 0 Å². The summed E-state index contributed by atoms with van der Waals surface area (Å²) in [5.41, 5.74) is 2.48. The van der Waals surface area contributed by atoms with Crippen LogP contribution in [0.1, 0.15) is 38.8 Å². The Morgan fingerprint density at radius 2 is 1.12 bits per heavy atom. The van der Waals surface area contributed by atoms with Crippen molar-refractivity contribution in [3.63, 3.8) is 0 Å². The average molecular weight is 471 g/mol. The van der Waals surface area contributed by atoms with Crippen molar-refractivity contribution in [2.75, 3.05) is 0 Å². The molecule has 2 rings (SSSR count). The maximum Gasteiger partial charge on any atom is 0.336 e. The second-order valence-electron chi connectivity index (χ2n) is 7.70. The average Bonchev–Trinajstić information content (AvgIpc) is 2.71. The summed E-state index contributed by atoms with van der Waals surface area (Å²) >= 11 is 1.60. The number of rotatable bonds is 10. The molecule has 0 radical (unpaired) electrons. The Labute approximate surface area is 199 Å². The first-order chi connectivity index (χ1) is 15.5. The molecule has 0 heterocycles. The van der Waals surface area contributed by atoms with Gasteiger partial charge >= 0.3 is 11.9 Å². The number of hydrogen-bond donors (Lipinski definition) is 0. The van der Waals surface area contributed by atoms with Crippen LogP contribution >= 0.6 is 11.8 Å². The van der Waals surface area contributed by atoms with Crippen LogP contribution in [0, 0.1) is 13.8 Å². The van der Waals surface area contributed by atoms with E-state index in [9.17, 15) is 9.59 Å². The zero-order chi connectivity index (χ0) is 24.7. The van der Waals surface area contributed by atoms with E-state index in [-0.39, 0.29) is 0 Å². The van der Waals surface area contributed by atoms with E-state index in [1.54, 1.807) is 39.5 Å². The number of benzene rings is 2. The summed E-state index contributed by atoms with van der Waals surface area (Å²) in [4.78, 5) is 25.3. The predicted octanol–water partition coefficient (Wildman–Crippen LogP) is 6.14. The number of ether oxygens (including phenoxy) is 4. The van der Waals surface area contributed by atoms with E-state index in [0.29, 0.717) is 22.6 Å². The number of aryl methyl sites for hydroxylation is 2. The van der Waals surface area contributed by atoms with E-state index in [2.05, 4.69) is 13.2 Å². The third kappa shape index (κ3) is 8.02. The summed E-state index contributed by atoms with van der Waals surface area (Å²) in [7, 11) is 0. The fourth-order valence-corrected chi connectivity index (χ4v) is 3.70. The Kier molecular flexibility index (Phi) is 9.17. The van der Waals surface area contributed by atoms with Crippen LogP contribution in [-0.4, -0.2) is 24.5 Å². The van der Waals surface area contributed by atoms with Gasteiger partial charge in [0.1, 0.15) is 11.5 Å². The first-order valence-electron chi connectivity index (χ1n) is 10.4.